The lowest BCUT2D eigenvalue weighted by Crippen LogP contribution is -2.41. The molecule has 0 spiro atoms. The molecule has 0 radical (unpaired) electrons. The molecule has 2 unspecified atom stereocenters. The van der Waals surface area contributed by atoms with Gasteiger partial charge < -0.3 is 15.4 Å². The molecule has 1 amide bonds. The van der Waals surface area contributed by atoms with Crippen LogP contribution in [0, 0.1) is 12.8 Å². The number of anilines is 1. The second-order valence-corrected chi connectivity index (χ2v) is 4.59. The first-order valence-corrected chi connectivity index (χ1v) is 6.24. The lowest BCUT2D eigenvalue weighted by molar-refractivity contribution is -0.120. The van der Waals surface area contributed by atoms with Crippen LogP contribution in [0.4, 0.5) is 5.82 Å². The highest BCUT2D eigenvalue weighted by molar-refractivity contribution is 5.92. The maximum absolute atomic E-state index is 12.1. The fourth-order valence-electron chi connectivity index (χ4n) is 2.12. The molecule has 1 saturated heterocycles. The van der Waals surface area contributed by atoms with Gasteiger partial charge in [-0.15, -0.1) is 0 Å². The minimum absolute atomic E-state index is 0.0310. The summed E-state index contributed by atoms with van der Waals surface area (Å²) in [4.78, 5) is 12.1. The molecule has 0 aromatic carbocycles. The SMILES string of the molecule is CCNC1COCC1C(=O)Nc1cc(C)n(C)n1. The third kappa shape index (κ3) is 2.70. The monoisotopic (exact) mass is 252 g/mol. The maximum Gasteiger partial charge on any atom is 0.232 e. The van der Waals surface area contributed by atoms with E-state index < -0.39 is 0 Å². The normalized spacial score (nSPS) is 23.3. The quantitative estimate of drug-likeness (QED) is 0.808. The Balaban J connectivity index is 1.98. The van der Waals surface area contributed by atoms with Gasteiger partial charge in [0, 0.05) is 24.8 Å². The van der Waals surface area contributed by atoms with Crippen LogP contribution in [-0.2, 0) is 16.6 Å². The van der Waals surface area contributed by atoms with Crippen LogP contribution in [0.3, 0.4) is 0 Å². The van der Waals surface area contributed by atoms with Crippen LogP contribution in [-0.4, -0.2) is 41.5 Å². The zero-order valence-corrected chi connectivity index (χ0v) is 11.1. The summed E-state index contributed by atoms with van der Waals surface area (Å²) in [6.45, 7) is 5.86. The molecule has 1 aromatic rings. The molecule has 1 fully saturated rings. The molecule has 6 nitrogen and oxygen atoms in total. The number of aromatic nitrogens is 2. The molecule has 2 atom stereocenters. The zero-order chi connectivity index (χ0) is 13.1. The van der Waals surface area contributed by atoms with E-state index in [0.29, 0.717) is 19.0 Å². The van der Waals surface area contributed by atoms with Crippen LogP contribution in [0.2, 0.25) is 0 Å². The molecule has 0 saturated carbocycles. The lowest BCUT2D eigenvalue weighted by Gasteiger charge is -2.16. The Kier molecular flexibility index (Phi) is 3.98. The predicted octanol–water partition coefficient (Wildman–Crippen LogP) is 0.292. The molecule has 1 aliphatic rings. The Hall–Kier alpha value is -1.40. The van der Waals surface area contributed by atoms with Crippen molar-refractivity contribution in [1.29, 1.82) is 0 Å². The van der Waals surface area contributed by atoms with Crippen molar-refractivity contribution >= 4 is 11.7 Å². The molecular weight excluding hydrogens is 232 g/mol. The number of carbonyl (C=O) groups is 1. The number of nitrogens with zero attached hydrogens (tertiary/aromatic N) is 2. The Morgan fingerprint density at radius 1 is 1.61 bits per heavy atom. The summed E-state index contributed by atoms with van der Waals surface area (Å²) in [6, 6.07) is 1.95. The maximum atomic E-state index is 12.1. The molecule has 0 aliphatic carbocycles. The molecular formula is C12H20N4O2. The zero-order valence-electron chi connectivity index (χ0n) is 11.1. The topological polar surface area (TPSA) is 68.2 Å². The number of amides is 1. The van der Waals surface area contributed by atoms with Crippen molar-refractivity contribution in [1.82, 2.24) is 15.1 Å². The first-order chi connectivity index (χ1) is 8.61. The Bertz CT molecular complexity index is 410. The summed E-state index contributed by atoms with van der Waals surface area (Å²) in [5.74, 6) is 0.422. The van der Waals surface area contributed by atoms with E-state index in [9.17, 15) is 4.79 Å². The standard InChI is InChI=1S/C12H20N4O2/c1-4-13-10-7-18-6-9(10)12(17)14-11-5-8(2)16(3)15-11/h5,9-10,13H,4,6-7H2,1-3H3,(H,14,15,17). The van der Waals surface area contributed by atoms with Gasteiger partial charge in [-0.2, -0.15) is 5.10 Å². The summed E-state index contributed by atoms with van der Waals surface area (Å²) in [6.07, 6.45) is 0. The first-order valence-electron chi connectivity index (χ1n) is 6.24. The van der Waals surface area contributed by atoms with Gasteiger partial charge in [-0.3, -0.25) is 9.48 Å². The average molecular weight is 252 g/mol. The smallest absolute Gasteiger partial charge is 0.232 e. The van der Waals surface area contributed by atoms with Crippen LogP contribution < -0.4 is 10.6 Å². The molecule has 2 heterocycles. The van der Waals surface area contributed by atoms with Gasteiger partial charge in [0.1, 0.15) is 0 Å². The van der Waals surface area contributed by atoms with Crippen LogP contribution >= 0.6 is 0 Å². The number of likely N-dealkylation sites (N-methyl/N-ethyl adjacent to an activating group) is 1. The third-order valence-electron chi connectivity index (χ3n) is 3.25. The number of rotatable bonds is 4. The highest BCUT2D eigenvalue weighted by Crippen LogP contribution is 2.16. The van der Waals surface area contributed by atoms with E-state index in [4.69, 9.17) is 4.74 Å². The van der Waals surface area contributed by atoms with Gasteiger partial charge >= 0.3 is 0 Å². The average Bonchev–Trinajstić information content (AvgIpc) is 2.88. The largest absolute Gasteiger partial charge is 0.379 e. The second-order valence-electron chi connectivity index (χ2n) is 4.59. The Morgan fingerprint density at radius 2 is 2.39 bits per heavy atom. The molecule has 2 rings (SSSR count). The molecule has 6 heteroatoms. The minimum atomic E-state index is -0.146. The van der Waals surface area contributed by atoms with Gasteiger partial charge in [0.05, 0.1) is 19.1 Å². The minimum Gasteiger partial charge on any atom is -0.379 e. The molecule has 1 aliphatic heterocycles. The number of ether oxygens (including phenoxy) is 1. The fourth-order valence-corrected chi connectivity index (χ4v) is 2.12. The van der Waals surface area contributed by atoms with E-state index >= 15 is 0 Å². The van der Waals surface area contributed by atoms with E-state index in [1.54, 1.807) is 4.68 Å². The second kappa shape index (κ2) is 5.49. The number of nitrogens with one attached hydrogen (secondary N) is 2. The lowest BCUT2D eigenvalue weighted by atomic mass is 10.0. The summed E-state index contributed by atoms with van der Waals surface area (Å²) in [5, 5.41) is 10.3. The summed E-state index contributed by atoms with van der Waals surface area (Å²) < 4.78 is 7.10. The molecule has 100 valence electrons. The van der Waals surface area contributed by atoms with Crippen molar-refractivity contribution in [2.75, 3.05) is 25.1 Å². The van der Waals surface area contributed by atoms with E-state index in [-0.39, 0.29) is 17.9 Å². The highest BCUT2D eigenvalue weighted by atomic mass is 16.5. The number of carbonyl (C=O) groups excluding carboxylic acids is 1. The van der Waals surface area contributed by atoms with Crippen LogP contribution in [0.5, 0.6) is 0 Å². The van der Waals surface area contributed by atoms with Crippen molar-refractivity contribution in [2.24, 2.45) is 13.0 Å². The fraction of sp³-hybridized carbons (Fsp3) is 0.667. The van der Waals surface area contributed by atoms with Crippen LogP contribution in [0.15, 0.2) is 6.07 Å². The van der Waals surface area contributed by atoms with Crippen molar-refractivity contribution in [3.63, 3.8) is 0 Å². The van der Waals surface area contributed by atoms with Crippen molar-refractivity contribution in [2.45, 2.75) is 19.9 Å². The van der Waals surface area contributed by atoms with E-state index in [1.807, 2.05) is 27.0 Å². The first kappa shape index (κ1) is 13.0. The van der Waals surface area contributed by atoms with Gasteiger partial charge in [0.25, 0.3) is 0 Å². The van der Waals surface area contributed by atoms with Crippen molar-refractivity contribution in [3.8, 4) is 0 Å². The van der Waals surface area contributed by atoms with Crippen LogP contribution in [0.25, 0.3) is 0 Å². The van der Waals surface area contributed by atoms with E-state index in [1.165, 1.54) is 0 Å². The van der Waals surface area contributed by atoms with Crippen molar-refractivity contribution < 1.29 is 9.53 Å². The molecule has 18 heavy (non-hydrogen) atoms. The predicted molar refractivity (Wildman–Crippen MR) is 68.3 cm³/mol. The third-order valence-corrected chi connectivity index (χ3v) is 3.25. The summed E-state index contributed by atoms with van der Waals surface area (Å²) >= 11 is 0. The Morgan fingerprint density at radius 3 is 3.00 bits per heavy atom. The number of aryl methyl sites for hydroxylation is 2. The van der Waals surface area contributed by atoms with Gasteiger partial charge in [0.2, 0.25) is 5.91 Å². The molecule has 1 aromatic heterocycles. The van der Waals surface area contributed by atoms with Gasteiger partial charge in [0.15, 0.2) is 5.82 Å². The van der Waals surface area contributed by atoms with Crippen LogP contribution in [0.1, 0.15) is 12.6 Å². The highest BCUT2D eigenvalue weighted by Gasteiger charge is 2.33. The molecule has 2 N–H and O–H groups in total. The van der Waals surface area contributed by atoms with E-state index in [0.717, 1.165) is 12.2 Å². The van der Waals surface area contributed by atoms with Gasteiger partial charge in [-0.25, -0.2) is 0 Å². The van der Waals surface area contributed by atoms with E-state index in [2.05, 4.69) is 15.7 Å². The number of hydrogen-bond acceptors (Lipinski definition) is 4. The van der Waals surface area contributed by atoms with Gasteiger partial charge in [-0.05, 0) is 13.5 Å². The Labute approximate surface area is 107 Å². The van der Waals surface area contributed by atoms with Crippen molar-refractivity contribution in [3.05, 3.63) is 11.8 Å². The summed E-state index contributed by atoms with van der Waals surface area (Å²) in [7, 11) is 1.85. The van der Waals surface area contributed by atoms with Gasteiger partial charge in [-0.1, -0.05) is 6.92 Å². The number of hydrogen-bond donors (Lipinski definition) is 2. The summed E-state index contributed by atoms with van der Waals surface area (Å²) in [5.41, 5.74) is 1.01. The molecule has 0 bridgehead atoms.